The fraction of sp³-hybridized carbons (Fsp3) is 0.385. The summed E-state index contributed by atoms with van der Waals surface area (Å²) in [5.74, 6) is -1.35. The second-order valence-corrected chi connectivity index (χ2v) is 5.51. The number of halogens is 1. The Bertz CT molecular complexity index is 481. The largest absolute Gasteiger partial charge is 0.481 e. The summed E-state index contributed by atoms with van der Waals surface area (Å²) in [5, 5.41) is 8.93. The van der Waals surface area contributed by atoms with Gasteiger partial charge in [0.25, 0.3) is 5.91 Å². The van der Waals surface area contributed by atoms with Gasteiger partial charge in [0.15, 0.2) is 0 Å². The van der Waals surface area contributed by atoms with Crippen molar-refractivity contribution in [3.8, 4) is 0 Å². The van der Waals surface area contributed by atoms with Gasteiger partial charge in [-0.15, -0.1) is 0 Å². The molecule has 1 aliphatic rings. The van der Waals surface area contributed by atoms with Crippen LogP contribution in [0.25, 0.3) is 0 Å². The van der Waals surface area contributed by atoms with Crippen molar-refractivity contribution in [1.29, 1.82) is 0 Å². The Labute approximate surface area is 114 Å². The van der Waals surface area contributed by atoms with Gasteiger partial charge in [0.2, 0.25) is 0 Å². The standard InChI is InChI=1S/C13H14BrNO3/c1-8-4-10(6-11(14)5-8)12(16)15-3-2-9(7-15)13(17)18/h4-6,9H,2-3,7H2,1H3,(H,17,18). The van der Waals surface area contributed by atoms with Gasteiger partial charge in [0, 0.05) is 23.1 Å². The number of hydrogen-bond donors (Lipinski definition) is 1. The topological polar surface area (TPSA) is 57.6 Å². The molecular formula is C13H14BrNO3. The van der Waals surface area contributed by atoms with Crippen LogP contribution in [0.1, 0.15) is 22.3 Å². The molecule has 1 aliphatic heterocycles. The third-order valence-corrected chi connectivity index (χ3v) is 3.57. The fourth-order valence-electron chi connectivity index (χ4n) is 2.19. The van der Waals surface area contributed by atoms with E-state index in [-0.39, 0.29) is 5.91 Å². The van der Waals surface area contributed by atoms with E-state index in [0.717, 1.165) is 10.0 Å². The van der Waals surface area contributed by atoms with E-state index in [1.165, 1.54) is 0 Å². The molecule has 1 atom stereocenters. The Kier molecular flexibility index (Phi) is 3.71. The van der Waals surface area contributed by atoms with Gasteiger partial charge >= 0.3 is 5.97 Å². The number of likely N-dealkylation sites (tertiary alicyclic amines) is 1. The second-order valence-electron chi connectivity index (χ2n) is 4.59. The average Bonchev–Trinajstić information content (AvgIpc) is 2.75. The number of rotatable bonds is 2. The van der Waals surface area contributed by atoms with Crippen molar-refractivity contribution in [3.05, 3.63) is 33.8 Å². The van der Waals surface area contributed by atoms with Crippen LogP contribution >= 0.6 is 15.9 Å². The summed E-state index contributed by atoms with van der Waals surface area (Å²) in [6, 6.07) is 5.52. The summed E-state index contributed by atoms with van der Waals surface area (Å²) in [6.07, 6.45) is 0.536. The summed E-state index contributed by atoms with van der Waals surface area (Å²) in [7, 11) is 0. The maximum atomic E-state index is 12.2. The molecule has 1 aromatic rings. The summed E-state index contributed by atoms with van der Waals surface area (Å²) in [6.45, 7) is 2.74. The van der Waals surface area contributed by atoms with E-state index in [2.05, 4.69) is 15.9 Å². The monoisotopic (exact) mass is 311 g/mol. The van der Waals surface area contributed by atoms with Crippen molar-refractivity contribution >= 4 is 27.8 Å². The minimum absolute atomic E-state index is 0.0943. The number of aryl methyl sites for hydroxylation is 1. The lowest BCUT2D eigenvalue weighted by Crippen LogP contribution is -2.30. The zero-order chi connectivity index (χ0) is 13.3. The SMILES string of the molecule is Cc1cc(Br)cc(C(=O)N2CCC(C(=O)O)C2)c1. The number of carbonyl (C=O) groups is 2. The Morgan fingerprint density at radius 1 is 1.39 bits per heavy atom. The molecule has 4 nitrogen and oxygen atoms in total. The molecule has 0 radical (unpaired) electrons. The van der Waals surface area contributed by atoms with Crippen LogP contribution in [0, 0.1) is 12.8 Å². The second kappa shape index (κ2) is 5.10. The Hall–Kier alpha value is -1.36. The number of carboxylic acid groups (broad SMARTS) is 1. The Morgan fingerprint density at radius 3 is 2.67 bits per heavy atom. The lowest BCUT2D eigenvalue weighted by molar-refractivity contribution is -0.141. The molecule has 1 amide bonds. The number of carbonyl (C=O) groups excluding carboxylic acids is 1. The van der Waals surface area contributed by atoms with E-state index >= 15 is 0 Å². The summed E-state index contributed by atoms with van der Waals surface area (Å²) in [5.41, 5.74) is 1.61. The Morgan fingerprint density at radius 2 is 2.11 bits per heavy atom. The molecule has 1 aromatic carbocycles. The molecule has 0 aliphatic carbocycles. The van der Waals surface area contributed by atoms with Gasteiger partial charge in [-0.3, -0.25) is 9.59 Å². The highest BCUT2D eigenvalue weighted by Crippen LogP contribution is 2.21. The zero-order valence-corrected chi connectivity index (χ0v) is 11.6. The first-order valence-corrected chi connectivity index (χ1v) is 6.56. The first-order valence-electron chi connectivity index (χ1n) is 5.76. The van der Waals surface area contributed by atoms with Gasteiger partial charge < -0.3 is 10.0 Å². The molecule has 0 saturated carbocycles. The lowest BCUT2D eigenvalue weighted by atomic mass is 10.1. The number of amides is 1. The summed E-state index contributed by atoms with van der Waals surface area (Å²) >= 11 is 3.36. The van der Waals surface area contributed by atoms with Crippen LogP contribution in [0.2, 0.25) is 0 Å². The number of nitrogens with zero attached hydrogens (tertiary/aromatic N) is 1. The molecule has 2 rings (SSSR count). The van der Waals surface area contributed by atoms with Crippen molar-refractivity contribution in [2.24, 2.45) is 5.92 Å². The van der Waals surface area contributed by atoms with Gasteiger partial charge in [-0.1, -0.05) is 15.9 Å². The van der Waals surface area contributed by atoms with E-state index < -0.39 is 11.9 Å². The maximum Gasteiger partial charge on any atom is 0.308 e. The molecule has 0 spiro atoms. The van der Waals surface area contributed by atoms with Gasteiger partial charge in [-0.05, 0) is 37.1 Å². The predicted octanol–water partition coefficient (Wildman–Crippen LogP) is 2.30. The van der Waals surface area contributed by atoms with E-state index in [1.54, 1.807) is 11.0 Å². The first-order chi connectivity index (χ1) is 8.47. The molecule has 1 heterocycles. The van der Waals surface area contributed by atoms with Crippen molar-refractivity contribution in [2.75, 3.05) is 13.1 Å². The van der Waals surface area contributed by atoms with E-state index in [1.807, 2.05) is 19.1 Å². The quantitative estimate of drug-likeness (QED) is 0.911. The molecule has 96 valence electrons. The highest BCUT2D eigenvalue weighted by molar-refractivity contribution is 9.10. The normalized spacial score (nSPS) is 19.0. The molecule has 1 N–H and O–H groups in total. The van der Waals surface area contributed by atoms with Crippen LogP contribution in [0.15, 0.2) is 22.7 Å². The highest BCUT2D eigenvalue weighted by Gasteiger charge is 2.31. The molecule has 0 aromatic heterocycles. The number of hydrogen-bond acceptors (Lipinski definition) is 2. The van der Waals surface area contributed by atoms with Crippen molar-refractivity contribution in [1.82, 2.24) is 4.90 Å². The van der Waals surface area contributed by atoms with Crippen LogP contribution in [-0.2, 0) is 4.79 Å². The molecule has 1 unspecified atom stereocenters. The van der Waals surface area contributed by atoms with Crippen LogP contribution in [-0.4, -0.2) is 35.0 Å². The number of aliphatic carboxylic acids is 1. The fourth-order valence-corrected chi connectivity index (χ4v) is 2.80. The smallest absolute Gasteiger partial charge is 0.308 e. The highest BCUT2D eigenvalue weighted by atomic mass is 79.9. The van der Waals surface area contributed by atoms with Crippen LogP contribution in [0.3, 0.4) is 0 Å². The summed E-state index contributed by atoms with van der Waals surface area (Å²) in [4.78, 5) is 24.7. The van der Waals surface area contributed by atoms with Gasteiger partial charge in [-0.25, -0.2) is 0 Å². The van der Waals surface area contributed by atoms with E-state index in [0.29, 0.717) is 25.1 Å². The van der Waals surface area contributed by atoms with E-state index in [9.17, 15) is 9.59 Å². The molecule has 1 saturated heterocycles. The third-order valence-electron chi connectivity index (χ3n) is 3.11. The molecule has 18 heavy (non-hydrogen) atoms. The number of benzene rings is 1. The van der Waals surface area contributed by atoms with Gasteiger partial charge in [-0.2, -0.15) is 0 Å². The van der Waals surface area contributed by atoms with Gasteiger partial charge in [0.1, 0.15) is 0 Å². The first kappa shape index (κ1) is 13.1. The van der Waals surface area contributed by atoms with Crippen molar-refractivity contribution in [3.63, 3.8) is 0 Å². The zero-order valence-electron chi connectivity index (χ0n) is 10.0. The maximum absolute atomic E-state index is 12.2. The molecule has 0 bridgehead atoms. The van der Waals surface area contributed by atoms with E-state index in [4.69, 9.17) is 5.11 Å². The van der Waals surface area contributed by atoms with Crippen LogP contribution < -0.4 is 0 Å². The van der Waals surface area contributed by atoms with Gasteiger partial charge in [0.05, 0.1) is 5.92 Å². The summed E-state index contributed by atoms with van der Waals surface area (Å²) < 4.78 is 0.861. The lowest BCUT2D eigenvalue weighted by Gasteiger charge is -2.16. The molecule has 1 fully saturated rings. The Balaban J connectivity index is 2.15. The van der Waals surface area contributed by atoms with Crippen LogP contribution in [0.5, 0.6) is 0 Å². The minimum atomic E-state index is -0.823. The molecule has 5 heteroatoms. The predicted molar refractivity (Wildman–Crippen MR) is 70.5 cm³/mol. The minimum Gasteiger partial charge on any atom is -0.481 e. The average molecular weight is 312 g/mol. The van der Waals surface area contributed by atoms with Crippen molar-refractivity contribution < 1.29 is 14.7 Å². The number of carboxylic acids is 1. The third kappa shape index (κ3) is 2.72. The van der Waals surface area contributed by atoms with Crippen molar-refractivity contribution in [2.45, 2.75) is 13.3 Å². The van der Waals surface area contributed by atoms with Crippen LogP contribution in [0.4, 0.5) is 0 Å². The molecular weight excluding hydrogens is 298 g/mol.